The molecule has 1 aromatic rings. The van der Waals surface area contributed by atoms with E-state index in [1.54, 1.807) is 0 Å². The van der Waals surface area contributed by atoms with Crippen molar-refractivity contribution in [2.75, 3.05) is 26.2 Å². The Morgan fingerprint density at radius 3 is 2.47 bits per heavy atom. The van der Waals surface area contributed by atoms with Gasteiger partial charge in [0.05, 0.1) is 0 Å². The summed E-state index contributed by atoms with van der Waals surface area (Å²) in [7, 11) is 0. The molecular formula is C12H18N2S. The van der Waals surface area contributed by atoms with Crippen LogP contribution in [-0.4, -0.2) is 30.5 Å². The van der Waals surface area contributed by atoms with Gasteiger partial charge in [-0.25, -0.2) is 4.31 Å². The maximum absolute atomic E-state index is 3.36. The molecule has 0 bridgehead atoms. The number of rotatable bonds is 3. The summed E-state index contributed by atoms with van der Waals surface area (Å²) in [6, 6.07) is 8.91. The highest BCUT2D eigenvalue weighted by Crippen LogP contribution is 2.22. The highest BCUT2D eigenvalue weighted by Gasteiger charge is 2.10. The van der Waals surface area contributed by atoms with Gasteiger partial charge in [0, 0.05) is 31.1 Å². The fourth-order valence-corrected chi connectivity index (χ4v) is 2.59. The summed E-state index contributed by atoms with van der Waals surface area (Å²) in [5, 5.41) is 3.36. The van der Waals surface area contributed by atoms with Gasteiger partial charge in [0.15, 0.2) is 0 Å². The van der Waals surface area contributed by atoms with Gasteiger partial charge in [-0.2, -0.15) is 0 Å². The monoisotopic (exact) mass is 222 g/mol. The minimum absolute atomic E-state index is 1.11. The average molecular weight is 222 g/mol. The van der Waals surface area contributed by atoms with E-state index in [1.165, 1.54) is 10.5 Å². The van der Waals surface area contributed by atoms with Gasteiger partial charge in [0.25, 0.3) is 0 Å². The predicted molar refractivity (Wildman–Crippen MR) is 66.1 cm³/mol. The number of aryl methyl sites for hydroxylation is 1. The lowest BCUT2D eigenvalue weighted by Gasteiger charge is -2.25. The Labute approximate surface area is 96.2 Å². The molecule has 1 aromatic carbocycles. The Morgan fingerprint density at radius 1 is 1.20 bits per heavy atom. The van der Waals surface area contributed by atoms with Crippen LogP contribution in [0.3, 0.4) is 0 Å². The van der Waals surface area contributed by atoms with Crippen molar-refractivity contribution in [3.8, 4) is 0 Å². The lowest BCUT2D eigenvalue weighted by molar-refractivity contribution is 0.396. The number of nitrogens with one attached hydrogen (secondary N) is 1. The second-order valence-electron chi connectivity index (χ2n) is 3.77. The van der Waals surface area contributed by atoms with Gasteiger partial charge in [-0.1, -0.05) is 19.1 Å². The molecule has 3 heteroatoms. The first-order valence-electron chi connectivity index (χ1n) is 5.61. The molecule has 1 aliphatic heterocycles. The number of piperazine rings is 1. The van der Waals surface area contributed by atoms with Crippen LogP contribution in [-0.2, 0) is 6.42 Å². The highest BCUT2D eigenvalue weighted by atomic mass is 32.2. The van der Waals surface area contributed by atoms with Gasteiger partial charge in [0.2, 0.25) is 0 Å². The van der Waals surface area contributed by atoms with E-state index in [9.17, 15) is 0 Å². The van der Waals surface area contributed by atoms with Crippen LogP contribution < -0.4 is 5.32 Å². The zero-order valence-corrected chi connectivity index (χ0v) is 10.0. The molecule has 0 aromatic heterocycles. The van der Waals surface area contributed by atoms with Gasteiger partial charge in [-0.05, 0) is 36.1 Å². The van der Waals surface area contributed by atoms with Crippen molar-refractivity contribution in [3.63, 3.8) is 0 Å². The minimum atomic E-state index is 1.11. The smallest absolute Gasteiger partial charge is 0.0230 e. The first kappa shape index (κ1) is 11.0. The van der Waals surface area contributed by atoms with Crippen LogP contribution in [0.2, 0.25) is 0 Å². The Morgan fingerprint density at radius 2 is 1.87 bits per heavy atom. The fourth-order valence-electron chi connectivity index (χ4n) is 1.67. The third-order valence-electron chi connectivity index (χ3n) is 2.64. The van der Waals surface area contributed by atoms with E-state index in [0.717, 1.165) is 32.6 Å². The Hall–Kier alpha value is -0.510. The van der Waals surface area contributed by atoms with Crippen molar-refractivity contribution in [1.29, 1.82) is 0 Å². The van der Waals surface area contributed by atoms with Gasteiger partial charge in [-0.15, -0.1) is 0 Å². The molecule has 0 aliphatic carbocycles. The zero-order chi connectivity index (χ0) is 10.5. The third-order valence-corrected chi connectivity index (χ3v) is 3.75. The molecule has 0 saturated carbocycles. The van der Waals surface area contributed by atoms with Crippen molar-refractivity contribution in [1.82, 2.24) is 9.62 Å². The summed E-state index contributed by atoms with van der Waals surface area (Å²) < 4.78 is 2.43. The van der Waals surface area contributed by atoms with Crippen molar-refractivity contribution >= 4 is 11.9 Å². The van der Waals surface area contributed by atoms with Crippen LogP contribution >= 0.6 is 11.9 Å². The van der Waals surface area contributed by atoms with E-state index in [0.29, 0.717) is 0 Å². The van der Waals surface area contributed by atoms with Crippen LogP contribution in [0.1, 0.15) is 12.5 Å². The Balaban J connectivity index is 1.91. The molecule has 0 spiro atoms. The molecule has 15 heavy (non-hydrogen) atoms. The molecule has 1 saturated heterocycles. The van der Waals surface area contributed by atoms with E-state index in [2.05, 4.69) is 40.8 Å². The Kier molecular flexibility index (Phi) is 4.06. The lowest BCUT2D eigenvalue weighted by atomic mass is 10.2. The number of hydrogen-bond donors (Lipinski definition) is 1. The number of benzene rings is 1. The van der Waals surface area contributed by atoms with Crippen LogP contribution in [0.5, 0.6) is 0 Å². The van der Waals surface area contributed by atoms with Crippen LogP contribution in [0, 0.1) is 0 Å². The standard InChI is InChI=1S/C12H18N2S/c1-2-11-3-5-12(6-4-11)15-14-9-7-13-8-10-14/h3-6,13H,2,7-10H2,1H3. The maximum atomic E-state index is 3.36. The molecule has 1 N–H and O–H groups in total. The average Bonchev–Trinajstić information content (AvgIpc) is 2.31. The summed E-state index contributed by atoms with van der Waals surface area (Å²) >= 11 is 1.88. The van der Waals surface area contributed by atoms with E-state index < -0.39 is 0 Å². The van der Waals surface area contributed by atoms with Gasteiger partial charge >= 0.3 is 0 Å². The second-order valence-corrected chi connectivity index (χ2v) is 4.94. The molecule has 2 nitrogen and oxygen atoms in total. The van der Waals surface area contributed by atoms with E-state index >= 15 is 0 Å². The van der Waals surface area contributed by atoms with Gasteiger partial charge in [0.1, 0.15) is 0 Å². The van der Waals surface area contributed by atoms with E-state index in [1.807, 2.05) is 11.9 Å². The molecule has 0 radical (unpaired) electrons. The van der Waals surface area contributed by atoms with Crippen LogP contribution in [0.4, 0.5) is 0 Å². The minimum Gasteiger partial charge on any atom is -0.314 e. The summed E-state index contributed by atoms with van der Waals surface area (Å²) in [6.07, 6.45) is 1.12. The molecule has 0 atom stereocenters. The van der Waals surface area contributed by atoms with Gasteiger partial charge in [-0.3, -0.25) is 0 Å². The normalized spacial score (nSPS) is 17.9. The molecule has 1 aliphatic rings. The summed E-state index contributed by atoms with van der Waals surface area (Å²) in [6.45, 7) is 6.69. The molecule has 0 amide bonds. The number of nitrogens with zero attached hydrogens (tertiary/aromatic N) is 1. The first-order valence-corrected chi connectivity index (χ1v) is 6.38. The molecule has 1 fully saturated rings. The third kappa shape index (κ3) is 3.23. The first-order chi connectivity index (χ1) is 7.38. The molecule has 0 unspecified atom stereocenters. The van der Waals surface area contributed by atoms with Crippen molar-refractivity contribution in [2.45, 2.75) is 18.2 Å². The summed E-state index contributed by atoms with van der Waals surface area (Å²) in [5.41, 5.74) is 1.42. The van der Waals surface area contributed by atoms with Crippen molar-refractivity contribution < 1.29 is 0 Å². The topological polar surface area (TPSA) is 15.3 Å². The fraction of sp³-hybridized carbons (Fsp3) is 0.500. The van der Waals surface area contributed by atoms with Crippen molar-refractivity contribution in [3.05, 3.63) is 29.8 Å². The quantitative estimate of drug-likeness (QED) is 0.789. The molecule has 82 valence electrons. The number of hydrogen-bond acceptors (Lipinski definition) is 3. The van der Waals surface area contributed by atoms with Crippen molar-refractivity contribution in [2.24, 2.45) is 0 Å². The predicted octanol–water partition coefficient (Wildman–Crippen LogP) is 2.16. The molecular weight excluding hydrogens is 204 g/mol. The molecule has 1 heterocycles. The Bertz CT molecular complexity index is 291. The molecule has 2 rings (SSSR count). The SMILES string of the molecule is CCc1ccc(SN2CCNCC2)cc1. The lowest BCUT2D eigenvalue weighted by Crippen LogP contribution is -2.39. The van der Waals surface area contributed by atoms with E-state index in [4.69, 9.17) is 0 Å². The van der Waals surface area contributed by atoms with Crippen LogP contribution in [0.25, 0.3) is 0 Å². The van der Waals surface area contributed by atoms with Crippen LogP contribution in [0.15, 0.2) is 29.2 Å². The largest absolute Gasteiger partial charge is 0.314 e. The van der Waals surface area contributed by atoms with E-state index in [-0.39, 0.29) is 0 Å². The van der Waals surface area contributed by atoms with Gasteiger partial charge < -0.3 is 5.32 Å². The summed E-state index contributed by atoms with van der Waals surface area (Å²) in [4.78, 5) is 1.36. The highest BCUT2D eigenvalue weighted by molar-refractivity contribution is 7.97. The second kappa shape index (κ2) is 5.54. The maximum Gasteiger partial charge on any atom is 0.0230 e. The summed E-state index contributed by atoms with van der Waals surface area (Å²) in [5.74, 6) is 0. The zero-order valence-electron chi connectivity index (χ0n) is 9.20.